The van der Waals surface area contributed by atoms with Gasteiger partial charge in [-0.05, 0) is 35.7 Å². The Hall–Kier alpha value is -1.66. The molecule has 6 heteroatoms. The van der Waals surface area contributed by atoms with Crippen LogP contribution in [0.3, 0.4) is 0 Å². The third kappa shape index (κ3) is 3.87. The van der Waals surface area contributed by atoms with Crippen LogP contribution < -0.4 is 5.32 Å². The van der Waals surface area contributed by atoms with Crippen molar-refractivity contribution in [2.24, 2.45) is 0 Å². The van der Waals surface area contributed by atoms with Gasteiger partial charge in [0, 0.05) is 39.0 Å². The zero-order valence-corrected chi connectivity index (χ0v) is 14.9. The monoisotopic (exact) mass is 363 g/mol. The molecule has 1 amide bonds. The van der Waals surface area contributed by atoms with Crippen molar-refractivity contribution in [1.29, 1.82) is 0 Å². The molecule has 0 aromatic heterocycles. The van der Waals surface area contributed by atoms with Crippen LogP contribution in [0.15, 0.2) is 47.4 Å². The van der Waals surface area contributed by atoms with E-state index in [-0.39, 0.29) is 17.8 Å². The summed E-state index contributed by atoms with van der Waals surface area (Å²) >= 11 is 1.49. The summed E-state index contributed by atoms with van der Waals surface area (Å²) in [5, 5.41) is 3.00. The predicted molar refractivity (Wildman–Crippen MR) is 96.2 cm³/mol. The van der Waals surface area contributed by atoms with Crippen LogP contribution in [0.4, 0.5) is 4.39 Å². The van der Waals surface area contributed by atoms with Crippen molar-refractivity contribution in [3.05, 3.63) is 65.0 Å². The van der Waals surface area contributed by atoms with Crippen molar-refractivity contribution in [2.45, 2.75) is 23.1 Å². The molecule has 24 heavy (non-hydrogen) atoms. The summed E-state index contributed by atoms with van der Waals surface area (Å²) in [5.41, 5.74) is 2.24. The largest absolute Gasteiger partial charge is 0.345 e. The maximum Gasteiger partial charge on any atom is 0.251 e. The molecule has 0 radical (unpaired) electrons. The van der Waals surface area contributed by atoms with E-state index in [1.54, 1.807) is 30.5 Å². The Bertz CT molecular complexity index is 794. The highest BCUT2D eigenvalue weighted by Crippen LogP contribution is 2.37. The second kappa shape index (κ2) is 7.49. The highest BCUT2D eigenvalue weighted by Gasteiger charge is 2.24. The molecule has 126 valence electrons. The average molecular weight is 363 g/mol. The Morgan fingerprint density at radius 3 is 2.92 bits per heavy atom. The van der Waals surface area contributed by atoms with Gasteiger partial charge >= 0.3 is 0 Å². The van der Waals surface area contributed by atoms with Crippen molar-refractivity contribution >= 4 is 28.5 Å². The summed E-state index contributed by atoms with van der Waals surface area (Å²) in [6, 6.07) is 12.0. The van der Waals surface area contributed by atoms with Gasteiger partial charge in [-0.25, -0.2) is 4.39 Å². The van der Waals surface area contributed by atoms with Gasteiger partial charge in [-0.1, -0.05) is 24.3 Å². The molecule has 0 bridgehead atoms. The van der Waals surface area contributed by atoms with Crippen LogP contribution >= 0.6 is 11.8 Å². The number of benzene rings is 2. The Morgan fingerprint density at radius 1 is 1.33 bits per heavy atom. The number of nitrogens with one attached hydrogen (secondary N) is 1. The number of carbonyl (C=O) groups is 1. The molecule has 2 aromatic rings. The Kier molecular flexibility index (Phi) is 5.36. The molecular formula is C18H18FNO2S2. The Balaban J connectivity index is 1.79. The maximum absolute atomic E-state index is 13.9. The molecule has 1 aliphatic heterocycles. The molecule has 0 saturated heterocycles. The summed E-state index contributed by atoms with van der Waals surface area (Å²) < 4.78 is 25.3. The molecule has 3 nitrogen and oxygen atoms in total. The van der Waals surface area contributed by atoms with Crippen molar-refractivity contribution in [1.82, 2.24) is 5.32 Å². The molecule has 2 atom stereocenters. The van der Waals surface area contributed by atoms with Crippen LogP contribution in [0.5, 0.6) is 0 Å². The number of carbonyl (C=O) groups excluding carboxylic acids is 1. The van der Waals surface area contributed by atoms with Crippen LogP contribution in [0.25, 0.3) is 0 Å². The topological polar surface area (TPSA) is 46.2 Å². The van der Waals surface area contributed by atoms with E-state index >= 15 is 0 Å². The molecule has 1 N–H and O–H groups in total. The second-order valence-corrected chi connectivity index (χ2v) is 8.28. The molecular weight excluding hydrogens is 345 g/mol. The second-order valence-electron chi connectivity index (χ2n) is 5.74. The van der Waals surface area contributed by atoms with Gasteiger partial charge in [0.05, 0.1) is 6.04 Å². The SMILES string of the molecule is C[S@@](=O)Cc1cccc(C(=O)N[C@H]2CCSc3c(F)cccc32)c1. The highest BCUT2D eigenvalue weighted by molar-refractivity contribution is 7.99. The normalized spacial score (nSPS) is 17.8. The molecule has 1 heterocycles. The molecule has 3 rings (SSSR count). The Morgan fingerprint density at radius 2 is 2.12 bits per heavy atom. The van der Waals surface area contributed by atoms with Crippen molar-refractivity contribution in [2.75, 3.05) is 12.0 Å². The molecule has 2 aromatic carbocycles. The van der Waals surface area contributed by atoms with Gasteiger partial charge in [-0.2, -0.15) is 0 Å². The first-order chi connectivity index (χ1) is 11.5. The standard InChI is InChI=1S/C18H18FNO2S2/c1-24(22)11-12-4-2-5-13(10-12)18(21)20-16-8-9-23-17-14(16)6-3-7-15(17)19/h2-7,10,16H,8-9,11H2,1H3,(H,20,21)/t16-,24+/m0/s1. The van der Waals surface area contributed by atoms with Gasteiger partial charge < -0.3 is 5.32 Å². The van der Waals surface area contributed by atoms with E-state index < -0.39 is 10.8 Å². The van der Waals surface area contributed by atoms with Gasteiger partial charge in [0.15, 0.2) is 0 Å². The van der Waals surface area contributed by atoms with Crippen LogP contribution in [0.1, 0.15) is 33.9 Å². The van der Waals surface area contributed by atoms with E-state index in [0.29, 0.717) is 16.2 Å². The smallest absolute Gasteiger partial charge is 0.251 e. The fourth-order valence-corrected chi connectivity index (χ4v) is 4.60. The third-order valence-corrected chi connectivity index (χ3v) is 5.79. The lowest BCUT2D eigenvalue weighted by atomic mass is 10.0. The predicted octanol–water partition coefficient (Wildman–Crippen LogP) is 3.67. The lowest BCUT2D eigenvalue weighted by molar-refractivity contribution is 0.0934. The first-order valence-electron chi connectivity index (χ1n) is 7.65. The lowest BCUT2D eigenvalue weighted by Crippen LogP contribution is -2.31. The third-order valence-electron chi connectivity index (χ3n) is 3.89. The first-order valence-corrected chi connectivity index (χ1v) is 10.4. The Labute approximate surface area is 147 Å². The van der Waals surface area contributed by atoms with Gasteiger partial charge in [0.2, 0.25) is 0 Å². The number of amides is 1. The van der Waals surface area contributed by atoms with Crippen molar-refractivity contribution < 1.29 is 13.4 Å². The molecule has 0 aliphatic carbocycles. The maximum atomic E-state index is 13.9. The average Bonchev–Trinajstić information content (AvgIpc) is 2.55. The van der Waals surface area contributed by atoms with Crippen molar-refractivity contribution in [3.8, 4) is 0 Å². The van der Waals surface area contributed by atoms with Gasteiger partial charge in [0.25, 0.3) is 5.91 Å². The molecule has 0 unspecified atom stereocenters. The van der Waals surface area contributed by atoms with E-state index in [1.165, 1.54) is 17.8 Å². The minimum absolute atomic E-state index is 0.187. The van der Waals surface area contributed by atoms with E-state index in [9.17, 15) is 13.4 Å². The number of fused-ring (bicyclic) bond motifs is 1. The zero-order valence-electron chi connectivity index (χ0n) is 13.3. The quantitative estimate of drug-likeness (QED) is 0.901. The summed E-state index contributed by atoms with van der Waals surface area (Å²) in [5.74, 6) is 0.776. The van der Waals surface area contributed by atoms with E-state index in [0.717, 1.165) is 23.3 Å². The fraction of sp³-hybridized carbons (Fsp3) is 0.278. The van der Waals surface area contributed by atoms with Crippen LogP contribution in [-0.4, -0.2) is 22.1 Å². The summed E-state index contributed by atoms with van der Waals surface area (Å²) in [6.45, 7) is 0. The molecule has 1 aliphatic rings. The molecule has 0 saturated carbocycles. The van der Waals surface area contributed by atoms with Gasteiger partial charge in [-0.3, -0.25) is 9.00 Å². The molecule has 0 fully saturated rings. The summed E-state index contributed by atoms with van der Waals surface area (Å²) in [4.78, 5) is 13.2. The number of thioether (sulfide) groups is 1. The van der Waals surface area contributed by atoms with Gasteiger partial charge in [0.1, 0.15) is 5.82 Å². The lowest BCUT2D eigenvalue weighted by Gasteiger charge is -2.26. The molecule has 0 spiro atoms. The number of halogens is 1. The zero-order chi connectivity index (χ0) is 17.1. The van der Waals surface area contributed by atoms with Crippen LogP contribution in [-0.2, 0) is 16.6 Å². The minimum atomic E-state index is -0.953. The number of rotatable bonds is 4. The van der Waals surface area contributed by atoms with Crippen LogP contribution in [0, 0.1) is 5.82 Å². The first kappa shape index (κ1) is 17.2. The summed E-state index contributed by atoms with van der Waals surface area (Å²) in [6.07, 6.45) is 2.41. The summed E-state index contributed by atoms with van der Waals surface area (Å²) in [7, 11) is -0.953. The van der Waals surface area contributed by atoms with Crippen molar-refractivity contribution in [3.63, 3.8) is 0 Å². The fourth-order valence-electron chi connectivity index (χ4n) is 2.82. The number of hydrogen-bond acceptors (Lipinski definition) is 3. The van der Waals surface area contributed by atoms with Crippen LogP contribution in [0.2, 0.25) is 0 Å². The van der Waals surface area contributed by atoms with E-state index in [1.807, 2.05) is 12.1 Å². The van der Waals surface area contributed by atoms with E-state index in [2.05, 4.69) is 5.32 Å². The number of hydrogen-bond donors (Lipinski definition) is 1. The highest BCUT2D eigenvalue weighted by atomic mass is 32.2. The van der Waals surface area contributed by atoms with E-state index in [4.69, 9.17) is 0 Å². The minimum Gasteiger partial charge on any atom is -0.345 e. The van der Waals surface area contributed by atoms with Gasteiger partial charge in [-0.15, -0.1) is 11.8 Å².